The summed E-state index contributed by atoms with van der Waals surface area (Å²) in [4.78, 5) is 0. The highest BCUT2D eigenvalue weighted by Crippen LogP contribution is 2.80. The van der Waals surface area contributed by atoms with Gasteiger partial charge in [-0.25, -0.2) is 0 Å². The summed E-state index contributed by atoms with van der Waals surface area (Å²) in [6, 6.07) is 0. The maximum Gasteiger partial charge on any atom is -0.0187 e. The second-order valence-electron chi connectivity index (χ2n) is 11.9. The quantitative estimate of drug-likeness (QED) is 0.461. The van der Waals surface area contributed by atoms with Gasteiger partial charge in [-0.2, -0.15) is 0 Å². The van der Waals surface area contributed by atoms with Gasteiger partial charge in [0.2, 0.25) is 0 Å². The molecule has 0 saturated heterocycles. The summed E-state index contributed by atoms with van der Waals surface area (Å²) >= 11 is 0. The van der Waals surface area contributed by atoms with Crippen molar-refractivity contribution in [3.05, 3.63) is 0 Å². The van der Waals surface area contributed by atoms with E-state index in [2.05, 4.69) is 41.5 Å². The van der Waals surface area contributed by atoms with Crippen molar-refractivity contribution in [3.8, 4) is 0 Å². The molecule has 0 heteroatoms. The first-order valence-corrected chi connectivity index (χ1v) is 11.1. The number of fused-ring (bicyclic) bond motifs is 7. The average molecular weight is 331 g/mol. The van der Waals surface area contributed by atoms with E-state index >= 15 is 0 Å². The molecule has 0 nitrogen and oxygen atoms in total. The van der Waals surface area contributed by atoms with Crippen molar-refractivity contribution in [1.29, 1.82) is 0 Å². The van der Waals surface area contributed by atoms with Crippen LogP contribution in [0.15, 0.2) is 0 Å². The molecule has 138 valence electrons. The molecule has 0 spiro atoms. The topological polar surface area (TPSA) is 0 Å². The first-order chi connectivity index (χ1) is 11.1. The first-order valence-electron chi connectivity index (χ1n) is 11.1. The third-order valence-corrected chi connectivity index (χ3v) is 11.6. The van der Waals surface area contributed by atoms with E-state index in [9.17, 15) is 0 Å². The monoisotopic (exact) mass is 330 g/mol. The van der Waals surface area contributed by atoms with Crippen molar-refractivity contribution in [2.45, 2.75) is 119 Å². The Morgan fingerprint density at radius 1 is 0.542 bits per heavy atom. The van der Waals surface area contributed by atoms with Crippen LogP contribution >= 0.6 is 0 Å². The molecule has 5 bridgehead atoms. The molecule has 0 N–H and O–H groups in total. The predicted octanol–water partition coefficient (Wildman–Crippen LogP) is 7.76. The van der Waals surface area contributed by atoms with Gasteiger partial charge >= 0.3 is 0 Å². The van der Waals surface area contributed by atoms with Gasteiger partial charge < -0.3 is 0 Å². The SMILES string of the molecule is CCC12CCCC3(C)CCC1(C)C1(C)CCC3(C)CCCC2(C)C1. The van der Waals surface area contributed by atoms with Crippen molar-refractivity contribution in [1.82, 2.24) is 0 Å². The Morgan fingerprint density at radius 3 is 1.67 bits per heavy atom. The third kappa shape index (κ3) is 1.72. The summed E-state index contributed by atoms with van der Waals surface area (Å²) in [6.45, 7) is 16.1. The van der Waals surface area contributed by atoms with Crippen LogP contribution in [-0.2, 0) is 0 Å². The van der Waals surface area contributed by atoms with Crippen LogP contribution in [-0.4, -0.2) is 0 Å². The van der Waals surface area contributed by atoms with Crippen LogP contribution in [0.1, 0.15) is 119 Å². The second-order valence-corrected chi connectivity index (χ2v) is 11.9. The van der Waals surface area contributed by atoms with Crippen molar-refractivity contribution in [2.24, 2.45) is 32.5 Å². The lowest BCUT2D eigenvalue weighted by molar-refractivity contribution is -0.133. The van der Waals surface area contributed by atoms with Crippen LogP contribution in [0, 0.1) is 32.5 Å². The fourth-order valence-electron chi connectivity index (χ4n) is 9.46. The number of hydrogen-bond acceptors (Lipinski definition) is 0. The molecule has 0 amide bonds. The van der Waals surface area contributed by atoms with Crippen LogP contribution in [0.5, 0.6) is 0 Å². The summed E-state index contributed by atoms with van der Waals surface area (Å²) in [7, 11) is 0. The Balaban J connectivity index is 1.98. The smallest absolute Gasteiger partial charge is 0.0187 e. The molecule has 24 heavy (non-hydrogen) atoms. The fraction of sp³-hybridized carbons (Fsp3) is 1.00. The van der Waals surface area contributed by atoms with E-state index in [0.717, 1.165) is 0 Å². The van der Waals surface area contributed by atoms with E-state index in [1.807, 2.05) is 0 Å². The van der Waals surface area contributed by atoms with Crippen molar-refractivity contribution in [3.63, 3.8) is 0 Å². The molecule has 4 rings (SSSR count). The highest BCUT2D eigenvalue weighted by Gasteiger charge is 2.71. The summed E-state index contributed by atoms with van der Waals surface area (Å²) < 4.78 is 0. The maximum atomic E-state index is 2.76. The predicted molar refractivity (Wildman–Crippen MR) is 104 cm³/mol. The zero-order valence-electron chi connectivity index (χ0n) is 17.5. The molecule has 0 aliphatic heterocycles. The molecule has 4 fully saturated rings. The fourth-order valence-corrected chi connectivity index (χ4v) is 9.46. The normalized spacial score (nSPS) is 60.2. The average Bonchev–Trinajstić information content (AvgIpc) is 2.67. The summed E-state index contributed by atoms with van der Waals surface area (Å²) in [6.07, 6.45) is 17.9. The maximum absolute atomic E-state index is 2.76. The molecule has 0 radical (unpaired) electrons. The van der Waals surface area contributed by atoms with E-state index < -0.39 is 0 Å². The van der Waals surface area contributed by atoms with E-state index in [4.69, 9.17) is 0 Å². The highest BCUT2D eigenvalue weighted by atomic mass is 14.8. The van der Waals surface area contributed by atoms with Gasteiger partial charge in [-0.1, -0.05) is 54.4 Å². The Labute approximate surface area is 151 Å². The van der Waals surface area contributed by atoms with E-state index in [1.54, 1.807) is 0 Å². The van der Waals surface area contributed by atoms with Crippen LogP contribution in [0.3, 0.4) is 0 Å². The molecule has 0 aromatic heterocycles. The molecule has 4 aliphatic carbocycles. The van der Waals surface area contributed by atoms with Gasteiger partial charge in [-0.15, -0.1) is 0 Å². The van der Waals surface area contributed by atoms with Crippen LogP contribution in [0.25, 0.3) is 0 Å². The molecular weight excluding hydrogens is 288 g/mol. The lowest BCUT2D eigenvalue weighted by atomic mass is 9.42. The van der Waals surface area contributed by atoms with Gasteiger partial charge in [0.1, 0.15) is 0 Å². The molecule has 4 saturated carbocycles. The molecule has 0 aromatic rings. The Hall–Kier alpha value is 0. The molecular formula is C24H42. The van der Waals surface area contributed by atoms with Crippen LogP contribution in [0.2, 0.25) is 0 Å². The van der Waals surface area contributed by atoms with Gasteiger partial charge in [0.15, 0.2) is 0 Å². The zero-order valence-corrected chi connectivity index (χ0v) is 17.5. The molecule has 6 unspecified atom stereocenters. The zero-order chi connectivity index (χ0) is 17.5. The number of rotatable bonds is 1. The Kier molecular flexibility index (Phi) is 3.51. The van der Waals surface area contributed by atoms with Gasteiger partial charge in [-0.3, -0.25) is 0 Å². The van der Waals surface area contributed by atoms with Crippen LogP contribution < -0.4 is 0 Å². The highest BCUT2D eigenvalue weighted by molar-refractivity contribution is 5.21. The van der Waals surface area contributed by atoms with E-state index in [-0.39, 0.29) is 0 Å². The lowest BCUT2D eigenvalue weighted by Gasteiger charge is -2.63. The number of hydrogen-bond donors (Lipinski definition) is 0. The molecule has 0 aromatic carbocycles. The summed E-state index contributed by atoms with van der Waals surface area (Å²) in [5, 5.41) is 0. The van der Waals surface area contributed by atoms with Gasteiger partial charge in [0, 0.05) is 0 Å². The summed E-state index contributed by atoms with van der Waals surface area (Å²) in [5.41, 5.74) is 3.49. The minimum Gasteiger partial charge on any atom is -0.0648 e. The van der Waals surface area contributed by atoms with Gasteiger partial charge in [0.25, 0.3) is 0 Å². The minimum absolute atomic E-state index is 0.559. The molecule has 6 atom stereocenters. The van der Waals surface area contributed by atoms with Crippen molar-refractivity contribution < 1.29 is 0 Å². The van der Waals surface area contributed by atoms with Gasteiger partial charge in [-0.05, 0) is 96.7 Å². The largest absolute Gasteiger partial charge is 0.0648 e. The molecule has 4 aliphatic rings. The minimum atomic E-state index is 0.559. The molecule has 0 heterocycles. The van der Waals surface area contributed by atoms with Crippen molar-refractivity contribution >= 4 is 0 Å². The third-order valence-electron chi connectivity index (χ3n) is 11.6. The standard InChI is InChI=1S/C24H42/c1-7-24-13-9-11-20(3)16-17-23(24,6)21(4)15-14-19(20,2)10-8-12-22(24,5)18-21/h7-18H2,1-6H3. The Bertz CT molecular complexity index is 536. The first kappa shape index (κ1) is 17.4. The second kappa shape index (κ2) is 4.83. The van der Waals surface area contributed by atoms with E-state index in [0.29, 0.717) is 32.5 Å². The Morgan fingerprint density at radius 2 is 1.04 bits per heavy atom. The van der Waals surface area contributed by atoms with E-state index in [1.165, 1.54) is 77.0 Å². The summed E-state index contributed by atoms with van der Waals surface area (Å²) in [5.74, 6) is 0. The lowest BCUT2D eigenvalue weighted by Crippen LogP contribution is -2.54. The van der Waals surface area contributed by atoms with Crippen LogP contribution in [0.4, 0.5) is 0 Å². The van der Waals surface area contributed by atoms with Gasteiger partial charge in [0.05, 0.1) is 0 Å². The van der Waals surface area contributed by atoms with Crippen molar-refractivity contribution in [2.75, 3.05) is 0 Å².